The van der Waals surface area contributed by atoms with E-state index in [-0.39, 0.29) is 21.2 Å². The van der Waals surface area contributed by atoms with Crippen molar-refractivity contribution in [1.82, 2.24) is 4.98 Å². The number of pyridine rings is 1. The molecule has 0 spiro atoms. The fourth-order valence-corrected chi connectivity index (χ4v) is 3.02. The number of primary sulfonamides is 1. The molecule has 0 fully saturated rings. The SMILES string of the molecule is Cc1ccc(NC(=O)c2cnc(OCC(F)(F)F)c(Cl)c2)cc1S(N)(=O)=O. The van der Waals surface area contributed by atoms with Gasteiger partial charge >= 0.3 is 6.18 Å². The van der Waals surface area contributed by atoms with Crippen LogP contribution in [-0.2, 0) is 10.0 Å². The molecule has 1 heterocycles. The number of aromatic nitrogens is 1. The molecule has 1 amide bonds. The van der Waals surface area contributed by atoms with Crippen LogP contribution in [-0.4, -0.2) is 32.1 Å². The topological polar surface area (TPSA) is 111 Å². The van der Waals surface area contributed by atoms with Crippen LogP contribution in [0.15, 0.2) is 35.4 Å². The Kier molecular flexibility index (Phi) is 5.97. The summed E-state index contributed by atoms with van der Waals surface area (Å²) in [7, 11) is -3.98. The first kappa shape index (κ1) is 20.9. The van der Waals surface area contributed by atoms with Crippen LogP contribution in [0.1, 0.15) is 15.9 Å². The Morgan fingerprint density at radius 1 is 1.33 bits per heavy atom. The molecule has 0 saturated carbocycles. The Morgan fingerprint density at radius 3 is 2.56 bits per heavy atom. The van der Waals surface area contributed by atoms with Crippen molar-refractivity contribution in [2.45, 2.75) is 18.0 Å². The number of ether oxygens (including phenoxy) is 1. The number of aryl methyl sites for hydroxylation is 1. The summed E-state index contributed by atoms with van der Waals surface area (Å²) in [5.41, 5.74) is 0.464. The van der Waals surface area contributed by atoms with E-state index in [1.54, 1.807) is 0 Å². The average molecular weight is 424 g/mol. The fraction of sp³-hybridized carbons (Fsp3) is 0.200. The molecule has 1 aromatic carbocycles. The lowest BCUT2D eigenvalue weighted by atomic mass is 10.2. The number of sulfonamides is 1. The minimum Gasteiger partial charge on any atom is -0.467 e. The predicted molar refractivity (Wildman–Crippen MR) is 91.3 cm³/mol. The number of alkyl halides is 3. The van der Waals surface area contributed by atoms with Crippen LogP contribution >= 0.6 is 11.6 Å². The van der Waals surface area contributed by atoms with Gasteiger partial charge in [-0.15, -0.1) is 0 Å². The highest BCUT2D eigenvalue weighted by Crippen LogP contribution is 2.26. The van der Waals surface area contributed by atoms with Crippen LogP contribution < -0.4 is 15.2 Å². The summed E-state index contributed by atoms with van der Waals surface area (Å²) < 4.78 is 63.9. The molecule has 0 aliphatic rings. The monoisotopic (exact) mass is 423 g/mol. The quantitative estimate of drug-likeness (QED) is 0.768. The minimum absolute atomic E-state index is 0.0721. The number of benzene rings is 1. The summed E-state index contributed by atoms with van der Waals surface area (Å²) in [6.45, 7) is -0.0420. The second kappa shape index (κ2) is 7.71. The number of halogens is 4. The third-order valence-electron chi connectivity index (χ3n) is 3.19. The molecule has 12 heteroatoms. The summed E-state index contributed by atoms with van der Waals surface area (Å²) in [5, 5.41) is 7.23. The van der Waals surface area contributed by atoms with Crippen molar-refractivity contribution < 1.29 is 31.1 Å². The van der Waals surface area contributed by atoms with E-state index in [0.29, 0.717) is 5.56 Å². The molecule has 0 radical (unpaired) electrons. The van der Waals surface area contributed by atoms with Crippen LogP contribution in [0.25, 0.3) is 0 Å². The van der Waals surface area contributed by atoms with E-state index in [2.05, 4.69) is 15.0 Å². The molecule has 2 aromatic rings. The lowest BCUT2D eigenvalue weighted by Gasteiger charge is -2.11. The second-order valence-electron chi connectivity index (χ2n) is 5.39. The number of nitrogens with one attached hydrogen (secondary N) is 1. The van der Waals surface area contributed by atoms with Gasteiger partial charge in [-0.3, -0.25) is 4.79 Å². The van der Waals surface area contributed by atoms with Crippen LogP contribution in [0.5, 0.6) is 5.88 Å². The molecular weight excluding hydrogens is 411 g/mol. The van der Waals surface area contributed by atoms with Crippen molar-refractivity contribution >= 4 is 33.2 Å². The van der Waals surface area contributed by atoms with E-state index in [9.17, 15) is 26.4 Å². The zero-order valence-electron chi connectivity index (χ0n) is 13.7. The smallest absolute Gasteiger partial charge is 0.422 e. The summed E-state index contributed by atoms with van der Waals surface area (Å²) in [4.78, 5) is 15.7. The van der Waals surface area contributed by atoms with Gasteiger partial charge in [0, 0.05) is 11.9 Å². The van der Waals surface area contributed by atoms with Gasteiger partial charge in [0.05, 0.1) is 10.5 Å². The molecule has 0 bridgehead atoms. The number of rotatable bonds is 5. The van der Waals surface area contributed by atoms with E-state index in [1.807, 2.05) is 0 Å². The maximum Gasteiger partial charge on any atom is 0.422 e. The van der Waals surface area contributed by atoms with Crippen LogP contribution in [0.3, 0.4) is 0 Å². The number of hydrogen-bond acceptors (Lipinski definition) is 5. The van der Waals surface area contributed by atoms with Crippen molar-refractivity contribution in [2.24, 2.45) is 5.14 Å². The summed E-state index contributed by atoms with van der Waals surface area (Å²) in [6.07, 6.45) is -3.59. The van der Waals surface area contributed by atoms with Gasteiger partial charge in [0.2, 0.25) is 15.9 Å². The van der Waals surface area contributed by atoms with Gasteiger partial charge in [-0.2, -0.15) is 13.2 Å². The number of carbonyl (C=O) groups is 1. The molecule has 7 nitrogen and oxygen atoms in total. The Balaban J connectivity index is 2.18. The molecule has 146 valence electrons. The lowest BCUT2D eigenvalue weighted by molar-refractivity contribution is -0.154. The molecule has 0 aliphatic carbocycles. The van der Waals surface area contributed by atoms with E-state index in [4.69, 9.17) is 16.7 Å². The summed E-state index contributed by atoms with van der Waals surface area (Å²) >= 11 is 5.78. The third kappa shape index (κ3) is 5.81. The average Bonchev–Trinajstić information content (AvgIpc) is 2.53. The molecule has 3 N–H and O–H groups in total. The zero-order valence-corrected chi connectivity index (χ0v) is 15.2. The molecule has 2 rings (SSSR count). The van der Waals surface area contributed by atoms with E-state index >= 15 is 0 Å². The number of carbonyl (C=O) groups excluding carboxylic acids is 1. The summed E-state index contributed by atoms with van der Waals surface area (Å²) in [6, 6.07) is 5.16. The van der Waals surface area contributed by atoms with Crippen molar-refractivity contribution in [3.63, 3.8) is 0 Å². The standard InChI is InChI=1S/C15H13ClF3N3O4S/c1-8-2-3-10(5-12(8)27(20,24)25)22-13(23)9-4-11(16)14(21-6-9)26-7-15(17,18)19/h2-6H,7H2,1H3,(H,22,23)(H2,20,24,25). The third-order valence-corrected chi connectivity index (χ3v) is 4.52. The van der Waals surface area contributed by atoms with Gasteiger partial charge in [0.25, 0.3) is 5.91 Å². The van der Waals surface area contributed by atoms with Gasteiger partial charge < -0.3 is 10.1 Å². The second-order valence-corrected chi connectivity index (χ2v) is 7.33. The number of amides is 1. The van der Waals surface area contributed by atoms with Gasteiger partial charge in [0.1, 0.15) is 5.02 Å². The van der Waals surface area contributed by atoms with E-state index < -0.39 is 34.6 Å². The Morgan fingerprint density at radius 2 is 2.00 bits per heavy atom. The lowest BCUT2D eigenvalue weighted by Crippen LogP contribution is -2.20. The van der Waals surface area contributed by atoms with Gasteiger partial charge in [0.15, 0.2) is 6.61 Å². The van der Waals surface area contributed by atoms with Crippen LogP contribution in [0, 0.1) is 6.92 Å². The van der Waals surface area contributed by atoms with Crippen molar-refractivity contribution in [3.8, 4) is 5.88 Å². The molecule has 27 heavy (non-hydrogen) atoms. The van der Waals surface area contributed by atoms with Crippen molar-refractivity contribution in [3.05, 3.63) is 46.6 Å². The minimum atomic E-state index is -4.56. The molecule has 0 atom stereocenters. The maximum atomic E-state index is 12.2. The van der Waals surface area contributed by atoms with E-state index in [1.165, 1.54) is 25.1 Å². The number of anilines is 1. The number of nitrogens with two attached hydrogens (primary N) is 1. The number of hydrogen-bond donors (Lipinski definition) is 2. The zero-order chi connectivity index (χ0) is 20.4. The molecule has 0 saturated heterocycles. The molecular formula is C15H13ClF3N3O4S. The summed E-state index contributed by atoms with van der Waals surface area (Å²) in [5.74, 6) is -1.19. The highest BCUT2D eigenvalue weighted by molar-refractivity contribution is 7.89. The predicted octanol–water partition coefficient (Wildman–Crippen LogP) is 2.88. The Labute approximate surface area is 157 Å². The van der Waals surface area contributed by atoms with E-state index in [0.717, 1.165) is 12.3 Å². The first-order chi connectivity index (χ1) is 12.4. The number of nitrogens with zero attached hydrogens (tertiary/aromatic N) is 1. The van der Waals surface area contributed by atoms with Crippen LogP contribution in [0.2, 0.25) is 5.02 Å². The van der Waals surface area contributed by atoms with Gasteiger partial charge in [-0.05, 0) is 30.7 Å². The Hall–Kier alpha value is -2.37. The molecule has 1 aromatic heterocycles. The Bertz CT molecular complexity index is 981. The normalized spacial score (nSPS) is 11.9. The molecule has 0 aliphatic heterocycles. The van der Waals surface area contributed by atoms with Gasteiger partial charge in [-0.25, -0.2) is 18.5 Å². The molecule has 0 unspecified atom stereocenters. The largest absolute Gasteiger partial charge is 0.467 e. The highest BCUT2D eigenvalue weighted by atomic mass is 35.5. The first-order valence-corrected chi connectivity index (χ1v) is 9.09. The van der Waals surface area contributed by atoms with Crippen LogP contribution in [0.4, 0.5) is 18.9 Å². The van der Waals surface area contributed by atoms with Gasteiger partial charge in [-0.1, -0.05) is 17.7 Å². The first-order valence-electron chi connectivity index (χ1n) is 7.17. The van der Waals surface area contributed by atoms with Crippen molar-refractivity contribution in [1.29, 1.82) is 0 Å². The maximum absolute atomic E-state index is 12.2. The van der Waals surface area contributed by atoms with Crippen molar-refractivity contribution in [2.75, 3.05) is 11.9 Å². The highest BCUT2D eigenvalue weighted by Gasteiger charge is 2.29. The fourth-order valence-electron chi connectivity index (χ4n) is 1.99.